The van der Waals surface area contributed by atoms with Crippen LogP contribution in [-0.2, 0) is 7.05 Å². The van der Waals surface area contributed by atoms with Gasteiger partial charge in [0.2, 0.25) is 0 Å². The molecule has 0 saturated heterocycles. The molecule has 1 aromatic heterocycles. The van der Waals surface area contributed by atoms with Gasteiger partial charge in [-0.2, -0.15) is 0 Å². The molecule has 0 radical (unpaired) electrons. The summed E-state index contributed by atoms with van der Waals surface area (Å²) in [5, 5.41) is 19.9. The summed E-state index contributed by atoms with van der Waals surface area (Å²) < 4.78 is 1.86. The molecule has 19 heavy (non-hydrogen) atoms. The smallest absolute Gasteiger partial charge is 0.148 e. The van der Waals surface area contributed by atoms with Crippen LogP contribution in [0.5, 0.6) is 11.5 Å². The van der Waals surface area contributed by atoms with Crippen LogP contribution in [0.2, 0.25) is 0 Å². The van der Waals surface area contributed by atoms with E-state index in [2.05, 4.69) is 4.98 Å². The lowest BCUT2D eigenvalue weighted by molar-refractivity contribution is 0.453. The van der Waals surface area contributed by atoms with Gasteiger partial charge in [0.25, 0.3) is 0 Å². The number of hydrogen-bond donors (Lipinski definition) is 2. The lowest BCUT2D eigenvalue weighted by Crippen LogP contribution is -1.93. The Morgan fingerprint density at radius 2 is 1.74 bits per heavy atom. The third kappa shape index (κ3) is 1.73. The summed E-state index contributed by atoms with van der Waals surface area (Å²) in [7, 11) is 1.87. The number of fused-ring (bicyclic) bond motifs is 1. The molecule has 0 bridgehead atoms. The average molecular weight is 254 g/mol. The van der Waals surface area contributed by atoms with E-state index >= 15 is 0 Å². The normalized spacial score (nSPS) is 11.1. The van der Waals surface area contributed by atoms with E-state index in [1.807, 2.05) is 36.7 Å². The molecule has 0 amide bonds. The van der Waals surface area contributed by atoms with Crippen molar-refractivity contribution in [3.8, 4) is 22.9 Å². The van der Waals surface area contributed by atoms with Gasteiger partial charge in [0, 0.05) is 7.05 Å². The van der Waals surface area contributed by atoms with Crippen molar-refractivity contribution in [3.63, 3.8) is 0 Å². The molecule has 0 unspecified atom stereocenters. The van der Waals surface area contributed by atoms with Crippen LogP contribution >= 0.6 is 0 Å². The highest BCUT2D eigenvalue weighted by Crippen LogP contribution is 2.37. The van der Waals surface area contributed by atoms with E-state index in [0.29, 0.717) is 11.4 Å². The zero-order valence-corrected chi connectivity index (χ0v) is 10.8. The molecular formula is C15H14N2O2. The molecule has 4 heteroatoms. The van der Waals surface area contributed by atoms with E-state index < -0.39 is 0 Å². The minimum Gasteiger partial charge on any atom is -0.507 e. The third-order valence-electron chi connectivity index (χ3n) is 3.28. The van der Waals surface area contributed by atoms with Crippen LogP contribution in [-0.4, -0.2) is 19.8 Å². The minimum absolute atomic E-state index is 0.0233. The maximum atomic E-state index is 9.94. The Morgan fingerprint density at radius 1 is 1.05 bits per heavy atom. The van der Waals surface area contributed by atoms with E-state index in [1.165, 1.54) is 0 Å². The molecule has 0 spiro atoms. The maximum absolute atomic E-state index is 9.94. The summed E-state index contributed by atoms with van der Waals surface area (Å²) >= 11 is 0. The quantitative estimate of drug-likeness (QED) is 0.702. The summed E-state index contributed by atoms with van der Waals surface area (Å²) in [5.41, 5.74) is 3.29. The standard InChI is InChI=1S/C15H14N2O2/c1-9-6-7-11-10(8-9)16-15(17(11)2)14-12(18)4-3-5-13(14)19/h3-8,18-19H,1-2H3. The number of nitrogens with zero attached hydrogens (tertiary/aromatic N) is 2. The average Bonchev–Trinajstić information content (AvgIpc) is 2.66. The fraction of sp³-hybridized carbons (Fsp3) is 0.133. The first-order valence-corrected chi connectivity index (χ1v) is 6.02. The molecule has 0 aliphatic heterocycles. The Bertz CT molecular complexity index is 755. The van der Waals surface area contributed by atoms with Crippen molar-refractivity contribution in [1.29, 1.82) is 0 Å². The van der Waals surface area contributed by atoms with Crippen molar-refractivity contribution < 1.29 is 10.2 Å². The highest BCUT2D eigenvalue weighted by atomic mass is 16.3. The van der Waals surface area contributed by atoms with Crippen LogP contribution in [0.25, 0.3) is 22.4 Å². The zero-order chi connectivity index (χ0) is 13.6. The molecule has 1 heterocycles. The topological polar surface area (TPSA) is 58.3 Å². The van der Waals surface area contributed by atoms with Gasteiger partial charge in [0.1, 0.15) is 22.9 Å². The van der Waals surface area contributed by atoms with Gasteiger partial charge in [-0.3, -0.25) is 0 Å². The van der Waals surface area contributed by atoms with Gasteiger partial charge in [0.05, 0.1) is 11.0 Å². The Hall–Kier alpha value is -2.49. The predicted molar refractivity (Wildman–Crippen MR) is 74.2 cm³/mol. The number of imidazole rings is 1. The van der Waals surface area contributed by atoms with Crippen LogP contribution in [0, 0.1) is 6.92 Å². The molecule has 3 aromatic rings. The fourth-order valence-corrected chi connectivity index (χ4v) is 2.29. The van der Waals surface area contributed by atoms with Crippen LogP contribution < -0.4 is 0 Å². The molecule has 96 valence electrons. The van der Waals surface area contributed by atoms with Crippen LogP contribution in [0.15, 0.2) is 36.4 Å². The number of aromatic nitrogens is 2. The van der Waals surface area contributed by atoms with Crippen molar-refractivity contribution in [2.75, 3.05) is 0 Å². The van der Waals surface area contributed by atoms with E-state index in [4.69, 9.17) is 0 Å². The number of hydrogen-bond acceptors (Lipinski definition) is 3. The summed E-state index contributed by atoms with van der Waals surface area (Å²) in [6.45, 7) is 2.01. The van der Waals surface area contributed by atoms with Crippen molar-refractivity contribution in [2.45, 2.75) is 6.92 Å². The van der Waals surface area contributed by atoms with Crippen molar-refractivity contribution in [2.24, 2.45) is 7.05 Å². The molecule has 4 nitrogen and oxygen atoms in total. The fourth-order valence-electron chi connectivity index (χ4n) is 2.29. The minimum atomic E-state index is 0.0233. The first-order valence-electron chi connectivity index (χ1n) is 6.02. The maximum Gasteiger partial charge on any atom is 0.148 e. The van der Waals surface area contributed by atoms with E-state index in [9.17, 15) is 10.2 Å². The Balaban J connectivity index is 2.34. The van der Waals surface area contributed by atoms with Crippen LogP contribution in [0.4, 0.5) is 0 Å². The highest BCUT2D eigenvalue weighted by molar-refractivity contribution is 5.84. The largest absolute Gasteiger partial charge is 0.507 e. The number of aryl methyl sites for hydroxylation is 2. The van der Waals surface area contributed by atoms with E-state index in [0.717, 1.165) is 16.6 Å². The van der Waals surface area contributed by atoms with Gasteiger partial charge < -0.3 is 14.8 Å². The number of phenolic OH excluding ortho intramolecular Hbond substituents is 2. The summed E-state index contributed by atoms with van der Waals surface area (Å²) in [4.78, 5) is 4.51. The molecule has 0 aliphatic rings. The van der Waals surface area contributed by atoms with Crippen molar-refractivity contribution in [1.82, 2.24) is 9.55 Å². The van der Waals surface area contributed by atoms with Gasteiger partial charge >= 0.3 is 0 Å². The summed E-state index contributed by atoms with van der Waals surface area (Å²) in [6, 6.07) is 10.7. The molecule has 0 atom stereocenters. The lowest BCUT2D eigenvalue weighted by Gasteiger charge is -2.06. The second-order valence-electron chi connectivity index (χ2n) is 4.66. The molecule has 0 aliphatic carbocycles. The van der Waals surface area contributed by atoms with Gasteiger partial charge in [-0.25, -0.2) is 4.98 Å². The first kappa shape index (κ1) is 11.6. The number of aromatic hydroxyl groups is 2. The molecule has 2 aromatic carbocycles. The van der Waals surface area contributed by atoms with Crippen LogP contribution in [0.3, 0.4) is 0 Å². The van der Waals surface area contributed by atoms with Gasteiger partial charge in [-0.15, -0.1) is 0 Å². The molecule has 0 saturated carbocycles. The van der Waals surface area contributed by atoms with Crippen molar-refractivity contribution >= 4 is 11.0 Å². The highest BCUT2D eigenvalue weighted by Gasteiger charge is 2.16. The Kier molecular flexibility index (Phi) is 2.45. The number of benzene rings is 2. The lowest BCUT2D eigenvalue weighted by atomic mass is 10.1. The monoisotopic (exact) mass is 254 g/mol. The van der Waals surface area contributed by atoms with E-state index in [-0.39, 0.29) is 11.5 Å². The van der Waals surface area contributed by atoms with Crippen LogP contribution in [0.1, 0.15) is 5.56 Å². The second kappa shape index (κ2) is 4.02. The predicted octanol–water partition coefficient (Wildman–Crippen LogP) is 2.96. The molecular weight excluding hydrogens is 240 g/mol. The second-order valence-corrected chi connectivity index (χ2v) is 4.66. The summed E-state index contributed by atoms with van der Waals surface area (Å²) in [5.74, 6) is 0.599. The number of rotatable bonds is 1. The Morgan fingerprint density at radius 3 is 2.42 bits per heavy atom. The summed E-state index contributed by atoms with van der Waals surface area (Å²) in [6.07, 6.45) is 0. The molecule has 3 rings (SSSR count). The SMILES string of the molecule is Cc1ccc2c(c1)nc(-c1c(O)cccc1O)n2C. The van der Waals surface area contributed by atoms with Gasteiger partial charge in [-0.05, 0) is 36.8 Å². The molecule has 2 N–H and O–H groups in total. The number of phenols is 2. The Labute approximate surface area is 110 Å². The van der Waals surface area contributed by atoms with Crippen molar-refractivity contribution in [3.05, 3.63) is 42.0 Å². The van der Waals surface area contributed by atoms with E-state index in [1.54, 1.807) is 18.2 Å². The first-order chi connectivity index (χ1) is 9.08. The zero-order valence-electron chi connectivity index (χ0n) is 10.8. The third-order valence-corrected chi connectivity index (χ3v) is 3.28. The molecule has 0 fully saturated rings. The van der Waals surface area contributed by atoms with Gasteiger partial charge in [0.15, 0.2) is 0 Å². The van der Waals surface area contributed by atoms with Gasteiger partial charge in [-0.1, -0.05) is 12.1 Å².